The quantitative estimate of drug-likeness (QED) is 0.296. The lowest BCUT2D eigenvalue weighted by molar-refractivity contribution is -0.131. The number of hydrogen-bond donors (Lipinski definition) is 2. The molecular weight excluding hydrogens is 421 g/mol. The maximum atomic E-state index is 12.5. The van der Waals surface area contributed by atoms with Gasteiger partial charge in [0.2, 0.25) is 0 Å². The molecule has 24 heavy (non-hydrogen) atoms. The molecule has 2 aliphatic heterocycles. The van der Waals surface area contributed by atoms with Crippen LogP contribution >= 0.6 is 24.0 Å². The molecule has 1 saturated carbocycles. The third-order valence-corrected chi connectivity index (χ3v) is 5.41. The number of carbonyl (C=O) groups is 2. The Morgan fingerprint density at radius 2 is 1.92 bits per heavy atom. The summed E-state index contributed by atoms with van der Waals surface area (Å²) in [4.78, 5) is 32.3. The zero-order chi connectivity index (χ0) is 16.4. The molecule has 136 valence electrons. The second kappa shape index (κ2) is 7.88. The van der Waals surface area contributed by atoms with Crippen molar-refractivity contribution in [1.82, 2.24) is 15.1 Å². The molecule has 0 unspecified atom stereocenters. The summed E-state index contributed by atoms with van der Waals surface area (Å²) in [5, 5.41) is 2.88. The minimum atomic E-state index is -0.630. The number of amides is 3. The van der Waals surface area contributed by atoms with Crippen molar-refractivity contribution >= 4 is 41.9 Å². The van der Waals surface area contributed by atoms with Gasteiger partial charge in [0.25, 0.3) is 5.91 Å². The SMILES string of the molecule is CC1CCN(C(N)=NCCN2C(=O)NC3(CCCC3)C2=O)CC1.I. The minimum Gasteiger partial charge on any atom is -0.370 e. The molecule has 0 bridgehead atoms. The number of carbonyl (C=O) groups excluding carboxylic acids is 2. The van der Waals surface area contributed by atoms with Gasteiger partial charge < -0.3 is 16.0 Å². The smallest absolute Gasteiger partial charge is 0.325 e. The molecule has 0 aromatic heterocycles. The monoisotopic (exact) mass is 449 g/mol. The molecule has 3 aliphatic rings. The predicted octanol–water partition coefficient (Wildman–Crippen LogP) is 1.52. The van der Waals surface area contributed by atoms with Gasteiger partial charge in [0.1, 0.15) is 5.54 Å². The van der Waals surface area contributed by atoms with Gasteiger partial charge in [-0.2, -0.15) is 0 Å². The Hall–Kier alpha value is -1.06. The molecule has 8 heteroatoms. The third-order valence-electron chi connectivity index (χ3n) is 5.41. The van der Waals surface area contributed by atoms with Gasteiger partial charge in [0, 0.05) is 13.1 Å². The molecule has 3 N–H and O–H groups in total. The molecule has 2 saturated heterocycles. The number of piperidine rings is 1. The van der Waals surface area contributed by atoms with Crippen LogP contribution in [0.1, 0.15) is 45.4 Å². The van der Waals surface area contributed by atoms with E-state index in [1.165, 1.54) is 4.90 Å². The summed E-state index contributed by atoms with van der Waals surface area (Å²) < 4.78 is 0. The molecule has 3 fully saturated rings. The normalized spacial score (nSPS) is 24.5. The van der Waals surface area contributed by atoms with E-state index in [0.717, 1.165) is 57.5 Å². The number of nitrogens with one attached hydrogen (secondary N) is 1. The van der Waals surface area contributed by atoms with E-state index >= 15 is 0 Å². The summed E-state index contributed by atoms with van der Waals surface area (Å²) in [5.74, 6) is 1.19. The number of likely N-dealkylation sites (tertiary alicyclic amines) is 1. The van der Waals surface area contributed by atoms with Gasteiger partial charge in [-0.3, -0.25) is 14.7 Å². The van der Waals surface area contributed by atoms with Crippen LogP contribution in [0, 0.1) is 5.92 Å². The highest BCUT2D eigenvalue weighted by molar-refractivity contribution is 14.0. The van der Waals surface area contributed by atoms with Crippen LogP contribution in [0.4, 0.5) is 4.79 Å². The van der Waals surface area contributed by atoms with Crippen molar-refractivity contribution < 1.29 is 9.59 Å². The van der Waals surface area contributed by atoms with E-state index < -0.39 is 5.54 Å². The Labute approximate surface area is 160 Å². The van der Waals surface area contributed by atoms with Crippen molar-refractivity contribution in [1.29, 1.82) is 0 Å². The lowest BCUT2D eigenvalue weighted by Crippen LogP contribution is -2.44. The molecule has 0 atom stereocenters. The van der Waals surface area contributed by atoms with Crippen LogP contribution in [0.25, 0.3) is 0 Å². The van der Waals surface area contributed by atoms with Crippen LogP contribution in [0.15, 0.2) is 4.99 Å². The first-order valence-corrected chi connectivity index (χ1v) is 8.71. The van der Waals surface area contributed by atoms with Gasteiger partial charge in [-0.1, -0.05) is 19.8 Å². The number of halogens is 1. The average Bonchev–Trinajstić information content (AvgIpc) is 3.08. The lowest BCUT2D eigenvalue weighted by atomic mass is 9.98. The first-order valence-electron chi connectivity index (χ1n) is 8.71. The van der Waals surface area contributed by atoms with E-state index in [1.807, 2.05) is 0 Å². The number of nitrogens with zero attached hydrogens (tertiary/aromatic N) is 3. The topological polar surface area (TPSA) is 91.0 Å². The number of imide groups is 1. The fourth-order valence-electron chi connectivity index (χ4n) is 3.80. The molecule has 0 aromatic rings. The fraction of sp³-hybridized carbons (Fsp3) is 0.812. The zero-order valence-electron chi connectivity index (χ0n) is 14.3. The van der Waals surface area contributed by atoms with E-state index in [4.69, 9.17) is 5.73 Å². The molecule has 3 rings (SSSR count). The largest absolute Gasteiger partial charge is 0.370 e. The van der Waals surface area contributed by atoms with Crippen LogP contribution in [0.3, 0.4) is 0 Å². The van der Waals surface area contributed by atoms with Crippen LogP contribution in [-0.4, -0.2) is 59.4 Å². The summed E-state index contributed by atoms with van der Waals surface area (Å²) in [6.07, 6.45) is 5.77. The molecule has 0 aromatic carbocycles. The van der Waals surface area contributed by atoms with E-state index in [9.17, 15) is 9.59 Å². The maximum absolute atomic E-state index is 12.5. The van der Waals surface area contributed by atoms with Crippen LogP contribution in [0.5, 0.6) is 0 Å². The molecule has 0 radical (unpaired) electrons. The molecule has 1 spiro atoms. The summed E-state index contributed by atoms with van der Waals surface area (Å²) in [7, 11) is 0. The highest BCUT2D eigenvalue weighted by Crippen LogP contribution is 2.34. The van der Waals surface area contributed by atoms with Gasteiger partial charge in [-0.05, 0) is 31.6 Å². The summed E-state index contributed by atoms with van der Waals surface area (Å²) in [6, 6.07) is -0.280. The van der Waals surface area contributed by atoms with Crippen molar-refractivity contribution in [2.75, 3.05) is 26.2 Å². The number of aliphatic imine (C=N–C) groups is 1. The highest BCUT2D eigenvalue weighted by atomic mass is 127. The number of nitrogens with two attached hydrogens (primary N) is 1. The van der Waals surface area contributed by atoms with E-state index in [1.54, 1.807) is 0 Å². The zero-order valence-corrected chi connectivity index (χ0v) is 16.6. The average molecular weight is 449 g/mol. The summed E-state index contributed by atoms with van der Waals surface area (Å²) in [5.41, 5.74) is 5.41. The van der Waals surface area contributed by atoms with E-state index in [2.05, 4.69) is 22.1 Å². The van der Waals surface area contributed by atoms with Gasteiger partial charge in [0.05, 0.1) is 13.1 Å². The number of urea groups is 1. The standard InChI is InChI=1S/C16H27N5O2.HI/c1-12-4-9-20(10-5-12)14(17)18-8-11-21-13(22)16(19-15(21)23)6-2-3-7-16;/h12H,2-11H2,1H3,(H2,17,18)(H,19,23);1H. The second-order valence-electron chi connectivity index (χ2n) is 7.09. The van der Waals surface area contributed by atoms with Crippen molar-refractivity contribution in [3.8, 4) is 0 Å². The molecular formula is C16H28IN5O2. The third kappa shape index (κ3) is 3.78. The molecule has 3 amide bonds. The number of hydrogen-bond acceptors (Lipinski definition) is 3. The Morgan fingerprint density at radius 3 is 2.54 bits per heavy atom. The van der Waals surface area contributed by atoms with Crippen molar-refractivity contribution in [3.05, 3.63) is 0 Å². The highest BCUT2D eigenvalue weighted by Gasteiger charge is 2.52. The number of rotatable bonds is 3. The second-order valence-corrected chi connectivity index (χ2v) is 7.09. The predicted molar refractivity (Wildman–Crippen MR) is 103 cm³/mol. The van der Waals surface area contributed by atoms with Crippen molar-refractivity contribution in [2.24, 2.45) is 16.6 Å². The van der Waals surface area contributed by atoms with Crippen LogP contribution in [0.2, 0.25) is 0 Å². The minimum absolute atomic E-state index is 0. The van der Waals surface area contributed by atoms with Gasteiger partial charge >= 0.3 is 6.03 Å². The Bertz CT molecular complexity index is 511. The first kappa shape index (κ1) is 19.3. The van der Waals surface area contributed by atoms with Crippen molar-refractivity contribution in [2.45, 2.75) is 51.0 Å². The molecule has 2 heterocycles. The Balaban J connectivity index is 0.00000208. The summed E-state index contributed by atoms with van der Waals surface area (Å²) in [6.45, 7) is 4.79. The fourth-order valence-corrected chi connectivity index (χ4v) is 3.80. The maximum Gasteiger partial charge on any atom is 0.325 e. The Kier molecular flexibility index (Phi) is 6.33. The van der Waals surface area contributed by atoms with Crippen LogP contribution in [-0.2, 0) is 4.79 Å². The van der Waals surface area contributed by atoms with E-state index in [-0.39, 0.29) is 35.9 Å². The number of guanidine groups is 1. The Morgan fingerprint density at radius 1 is 1.29 bits per heavy atom. The van der Waals surface area contributed by atoms with Gasteiger partial charge in [0.15, 0.2) is 5.96 Å². The van der Waals surface area contributed by atoms with Crippen molar-refractivity contribution in [3.63, 3.8) is 0 Å². The lowest BCUT2D eigenvalue weighted by Gasteiger charge is -2.31. The van der Waals surface area contributed by atoms with Gasteiger partial charge in [-0.15, -0.1) is 24.0 Å². The van der Waals surface area contributed by atoms with Crippen LogP contribution < -0.4 is 11.1 Å². The van der Waals surface area contributed by atoms with Gasteiger partial charge in [-0.25, -0.2) is 4.79 Å². The first-order chi connectivity index (χ1) is 11.0. The molecule has 1 aliphatic carbocycles. The summed E-state index contributed by atoms with van der Waals surface area (Å²) >= 11 is 0. The van der Waals surface area contributed by atoms with E-state index in [0.29, 0.717) is 19.0 Å². The molecule has 7 nitrogen and oxygen atoms in total.